The lowest BCUT2D eigenvalue weighted by molar-refractivity contribution is 0.724. The van der Waals surface area contributed by atoms with E-state index in [2.05, 4.69) is 46.2 Å². The lowest BCUT2D eigenvalue weighted by atomic mass is 9.96. The van der Waals surface area contributed by atoms with Crippen LogP contribution < -0.4 is 10.6 Å². The Labute approximate surface area is 146 Å². The van der Waals surface area contributed by atoms with Crippen LogP contribution in [-0.4, -0.2) is 28.1 Å². The Morgan fingerprint density at radius 2 is 2.08 bits per heavy atom. The third-order valence-electron chi connectivity index (χ3n) is 4.69. The van der Waals surface area contributed by atoms with Crippen molar-refractivity contribution >= 4 is 5.69 Å². The molecule has 0 spiro atoms. The third kappa shape index (κ3) is 3.18. The number of anilines is 1. The number of aromatic nitrogens is 3. The molecule has 0 radical (unpaired) electrons. The topological polar surface area (TPSA) is 51.0 Å². The van der Waals surface area contributed by atoms with Crippen LogP contribution in [-0.2, 0) is 13.0 Å². The van der Waals surface area contributed by atoms with E-state index in [1.165, 1.54) is 29.4 Å². The number of rotatable bonds is 3. The summed E-state index contributed by atoms with van der Waals surface area (Å²) in [6.07, 6.45) is 9.24. The molecule has 4 rings (SSSR count). The van der Waals surface area contributed by atoms with Gasteiger partial charge in [-0.1, -0.05) is 6.07 Å². The Morgan fingerprint density at radius 1 is 1.16 bits per heavy atom. The molecule has 1 aromatic carbocycles. The van der Waals surface area contributed by atoms with Crippen LogP contribution >= 0.6 is 0 Å². The Kier molecular flexibility index (Phi) is 4.06. The monoisotopic (exact) mass is 332 g/mol. The van der Waals surface area contributed by atoms with E-state index in [4.69, 9.17) is 0 Å². The molecule has 126 valence electrons. The van der Waals surface area contributed by atoms with Crippen molar-refractivity contribution in [3.63, 3.8) is 0 Å². The molecule has 0 unspecified atom stereocenters. The third-order valence-corrected chi connectivity index (χ3v) is 4.69. The average molecular weight is 332 g/mol. The Balaban J connectivity index is 1.66. The molecule has 3 aromatic rings. The first-order valence-corrected chi connectivity index (χ1v) is 8.50. The molecule has 0 bridgehead atoms. The molecule has 0 aliphatic carbocycles. The molecule has 0 saturated heterocycles. The summed E-state index contributed by atoms with van der Waals surface area (Å²) in [4.78, 5) is 22.3. The van der Waals surface area contributed by atoms with E-state index in [1.807, 2.05) is 6.20 Å². The molecule has 5 heteroatoms. The number of aryl methyl sites for hydroxylation is 1. The maximum Gasteiger partial charge on any atom is 0.347 e. The molecule has 0 saturated carbocycles. The fraction of sp³-hybridized carbons (Fsp3) is 0.250. The molecule has 25 heavy (non-hydrogen) atoms. The Morgan fingerprint density at radius 3 is 2.96 bits per heavy atom. The van der Waals surface area contributed by atoms with Gasteiger partial charge in [-0.3, -0.25) is 9.55 Å². The van der Waals surface area contributed by atoms with Crippen molar-refractivity contribution < 1.29 is 0 Å². The van der Waals surface area contributed by atoms with E-state index in [-0.39, 0.29) is 5.69 Å². The van der Waals surface area contributed by atoms with Gasteiger partial charge in [0.05, 0.1) is 6.54 Å². The van der Waals surface area contributed by atoms with Gasteiger partial charge in [-0.15, -0.1) is 0 Å². The summed E-state index contributed by atoms with van der Waals surface area (Å²) in [5, 5.41) is 0. The fourth-order valence-electron chi connectivity index (χ4n) is 3.40. The van der Waals surface area contributed by atoms with E-state index >= 15 is 0 Å². The van der Waals surface area contributed by atoms with Crippen molar-refractivity contribution in [1.82, 2.24) is 14.5 Å². The van der Waals surface area contributed by atoms with Crippen LogP contribution in [0.25, 0.3) is 11.1 Å². The van der Waals surface area contributed by atoms with Crippen LogP contribution in [0.5, 0.6) is 0 Å². The van der Waals surface area contributed by atoms with E-state index in [0.29, 0.717) is 6.54 Å². The van der Waals surface area contributed by atoms with Gasteiger partial charge in [0.1, 0.15) is 0 Å². The van der Waals surface area contributed by atoms with Crippen LogP contribution in [0, 0.1) is 0 Å². The van der Waals surface area contributed by atoms with Gasteiger partial charge in [-0.25, -0.2) is 9.78 Å². The highest BCUT2D eigenvalue weighted by molar-refractivity contribution is 5.69. The van der Waals surface area contributed by atoms with Crippen LogP contribution in [0.3, 0.4) is 0 Å². The van der Waals surface area contributed by atoms with Gasteiger partial charge in [0.15, 0.2) is 0 Å². The number of hydrogen-bond donors (Lipinski definition) is 0. The van der Waals surface area contributed by atoms with Crippen LogP contribution in [0.15, 0.2) is 59.9 Å². The standard InChI is InChI=1S/C20H20N4O/c1-23-8-2-4-17-11-16(5-6-19(17)23)18-10-15(12-21-13-18)14-24-9-3-7-22-20(24)25/h3,5-7,9-13H,2,4,8,14H2,1H3. The summed E-state index contributed by atoms with van der Waals surface area (Å²) < 4.78 is 1.59. The number of fused-ring (bicyclic) bond motifs is 1. The molecular weight excluding hydrogens is 312 g/mol. The summed E-state index contributed by atoms with van der Waals surface area (Å²) in [6.45, 7) is 1.59. The molecule has 5 nitrogen and oxygen atoms in total. The highest BCUT2D eigenvalue weighted by atomic mass is 16.1. The van der Waals surface area contributed by atoms with Crippen molar-refractivity contribution in [2.45, 2.75) is 19.4 Å². The summed E-state index contributed by atoms with van der Waals surface area (Å²) >= 11 is 0. The highest BCUT2D eigenvalue weighted by Gasteiger charge is 2.14. The lowest BCUT2D eigenvalue weighted by Crippen LogP contribution is -2.24. The molecule has 0 atom stereocenters. The van der Waals surface area contributed by atoms with Gasteiger partial charge < -0.3 is 4.90 Å². The number of pyridine rings is 1. The number of nitrogens with zero attached hydrogens (tertiary/aromatic N) is 4. The van der Waals surface area contributed by atoms with E-state index < -0.39 is 0 Å². The maximum absolute atomic E-state index is 11.8. The Hall–Kier alpha value is -2.95. The van der Waals surface area contributed by atoms with Crippen molar-refractivity contribution in [3.05, 3.63) is 76.7 Å². The smallest absolute Gasteiger partial charge is 0.347 e. The van der Waals surface area contributed by atoms with Crippen molar-refractivity contribution in [2.24, 2.45) is 0 Å². The zero-order valence-electron chi connectivity index (χ0n) is 14.2. The minimum Gasteiger partial charge on any atom is -0.374 e. The van der Waals surface area contributed by atoms with Crippen LogP contribution in [0.2, 0.25) is 0 Å². The van der Waals surface area contributed by atoms with Gasteiger partial charge in [0.2, 0.25) is 0 Å². The van der Waals surface area contributed by atoms with Gasteiger partial charge >= 0.3 is 5.69 Å². The normalized spacial score (nSPS) is 13.6. The summed E-state index contributed by atoms with van der Waals surface area (Å²) in [5.74, 6) is 0. The second-order valence-electron chi connectivity index (χ2n) is 6.48. The van der Waals surface area contributed by atoms with Crippen molar-refractivity contribution in [2.75, 3.05) is 18.5 Å². The first kappa shape index (κ1) is 15.6. The predicted octanol–water partition coefficient (Wildman–Crippen LogP) is 2.74. The zero-order chi connectivity index (χ0) is 17.2. The largest absolute Gasteiger partial charge is 0.374 e. The van der Waals surface area contributed by atoms with Gasteiger partial charge in [-0.2, -0.15) is 0 Å². The zero-order valence-corrected chi connectivity index (χ0v) is 14.2. The number of hydrogen-bond acceptors (Lipinski definition) is 4. The Bertz CT molecular complexity index is 964. The first-order valence-electron chi connectivity index (χ1n) is 8.50. The summed E-state index contributed by atoms with van der Waals surface area (Å²) in [6, 6.07) is 10.5. The quantitative estimate of drug-likeness (QED) is 0.740. The predicted molar refractivity (Wildman–Crippen MR) is 98.9 cm³/mol. The van der Waals surface area contributed by atoms with Crippen LogP contribution in [0.4, 0.5) is 5.69 Å². The first-order chi connectivity index (χ1) is 12.2. The molecule has 0 N–H and O–H groups in total. The van der Waals surface area contributed by atoms with Crippen molar-refractivity contribution in [3.8, 4) is 11.1 Å². The molecule has 2 aromatic heterocycles. The van der Waals surface area contributed by atoms with Crippen LogP contribution in [0.1, 0.15) is 17.5 Å². The maximum atomic E-state index is 11.8. The second kappa shape index (κ2) is 6.51. The minimum atomic E-state index is -0.246. The molecular formula is C20H20N4O. The SMILES string of the molecule is CN1CCCc2cc(-c3cncc(Cn4cccnc4=O)c3)ccc21. The summed E-state index contributed by atoms with van der Waals surface area (Å²) in [7, 11) is 2.14. The fourth-order valence-corrected chi connectivity index (χ4v) is 3.40. The molecule has 1 aliphatic rings. The van der Waals surface area contributed by atoms with Gasteiger partial charge in [-0.05, 0) is 53.8 Å². The summed E-state index contributed by atoms with van der Waals surface area (Å²) in [5.41, 5.74) is 5.70. The van der Waals surface area contributed by atoms with Crippen molar-refractivity contribution in [1.29, 1.82) is 0 Å². The number of benzene rings is 1. The lowest BCUT2D eigenvalue weighted by Gasteiger charge is -2.27. The highest BCUT2D eigenvalue weighted by Crippen LogP contribution is 2.30. The molecule has 3 heterocycles. The average Bonchev–Trinajstić information content (AvgIpc) is 2.64. The van der Waals surface area contributed by atoms with Gasteiger partial charge in [0, 0.05) is 49.6 Å². The van der Waals surface area contributed by atoms with E-state index in [9.17, 15) is 4.79 Å². The van der Waals surface area contributed by atoms with Gasteiger partial charge in [0.25, 0.3) is 0 Å². The molecule has 0 fully saturated rings. The van der Waals surface area contributed by atoms with E-state index in [1.54, 1.807) is 23.0 Å². The second-order valence-corrected chi connectivity index (χ2v) is 6.48. The van der Waals surface area contributed by atoms with E-state index in [0.717, 1.165) is 24.1 Å². The molecule has 1 aliphatic heterocycles. The minimum absolute atomic E-state index is 0.246. The molecule has 0 amide bonds.